The van der Waals surface area contributed by atoms with Crippen molar-refractivity contribution in [3.63, 3.8) is 0 Å². The molecule has 0 aliphatic carbocycles. The molecule has 0 aromatic heterocycles. The largest absolute Gasteiger partial charge is 0.394 e. The monoisotopic (exact) mass is 1270 g/mol. The Morgan fingerprint density at radius 1 is 0.411 bits per heavy atom. The van der Waals surface area contributed by atoms with Gasteiger partial charge in [-0.05, 0) is 70.6 Å². The van der Waals surface area contributed by atoms with E-state index in [1.807, 2.05) is 6.08 Å². The normalized spacial score (nSPS) is 23.4. The predicted octanol–water partition coefficient (Wildman–Crippen LogP) is 15.6. The minimum absolute atomic E-state index is 0.241. The SMILES string of the molecule is CC/C=C\C/C=C\C/C=C\C/C=C\C/C=C\C/C=C\CCCCCCCCCCCCCCC(=O)NC(COC1OC(CO)C(OC2OC(CO)C(O)C(O)C2O)C(O)C1O)C(O)/C=C/CCCCCCCCCCCCCCCCCCCCCCCCC. The summed E-state index contributed by atoms with van der Waals surface area (Å²) in [6, 6.07) is -0.922. The third kappa shape index (κ3) is 43.2. The maximum atomic E-state index is 13.4. The molecule has 0 bridgehead atoms. The molecule has 90 heavy (non-hydrogen) atoms. The van der Waals surface area contributed by atoms with Crippen molar-refractivity contribution in [1.29, 1.82) is 0 Å². The molecule has 0 radical (unpaired) electrons. The van der Waals surface area contributed by atoms with Crippen molar-refractivity contribution in [2.24, 2.45) is 0 Å². The number of rotatable bonds is 60. The average Bonchev–Trinajstić information content (AvgIpc) is 1.42. The first-order chi connectivity index (χ1) is 44.1. The standard InChI is InChI=1S/C76H135NO13/c1-3-5-7-9-11-13-15-17-19-21-23-25-27-29-30-31-32-33-34-36-38-40-42-44-46-48-50-52-54-56-58-60-68(81)77-64(63-87-75-73(86)71(84)74(67(62-79)89-75)90-76-72(85)70(83)69(82)66(61-78)88-76)65(80)59-57-55-53-51-49-47-45-43-41-39-37-35-28-26-24-22-20-18-16-14-12-10-8-6-4-2/h5,7,11,13,17,19,23,25,29-30,32-33,57,59,64-67,69-76,78-80,82-86H,3-4,6,8-10,12,14-16,18,20-22,24,26-28,31,34-56,58,60-63H2,1-2H3,(H,77,81)/b7-5-,13-11-,19-17-,25-23-,30-29-,33-32-,59-57+. The highest BCUT2D eigenvalue weighted by Crippen LogP contribution is 2.30. The maximum absolute atomic E-state index is 13.4. The summed E-state index contributed by atoms with van der Waals surface area (Å²) in [6.07, 6.45) is 66.3. The van der Waals surface area contributed by atoms with Gasteiger partial charge in [-0.3, -0.25) is 4.79 Å². The van der Waals surface area contributed by atoms with E-state index < -0.39 is 86.8 Å². The predicted molar refractivity (Wildman–Crippen MR) is 369 cm³/mol. The van der Waals surface area contributed by atoms with Crippen LogP contribution in [0.5, 0.6) is 0 Å². The van der Waals surface area contributed by atoms with Crippen molar-refractivity contribution < 1.29 is 64.6 Å². The molecule has 14 nitrogen and oxygen atoms in total. The highest BCUT2D eigenvalue weighted by Gasteiger charge is 2.51. The van der Waals surface area contributed by atoms with Crippen LogP contribution in [0.1, 0.15) is 296 Å². The van der Waals surface area contributed by atoms with Gasteiger partial charge in [-0.2, -0.15) is 0 Å². The lowest BCUT2D eigenvalue weighted by Gasteiger charge is -2.46. The third-order valence-electron chi connectivity index (χ3n) is 17.6. The quantitative estimate of drug-likeness (QED) is 0.0204. The van der Waals surface area contributed by atoms with E-state index in [0.717, 1.165) is 83.5 Å². The van der Waals surface area contributed by atoms with Gasteiger partial charge < -0.3 is 65.1 Å². The fourth-order valence-corrected chi connectivity index (χ4v) is 11.8. The Morgan fingerprint density at radius 2 is 0.767 bits per heavy atom. The van der Waals surface area contributed by atoms with Gasteiger partial charge in [0.2, 0.25) is 5.91 Å². The Kier molecular flexibility index (Phi) is 55.4. The number of amides is 1. The summed E-state index contributed by atoms with van der Waals surface area (Å²) in [5.41, 5.74) is 0. The van der Waals surface area contributed by atoms with Gasteiger partial charge in [0.15, 0.2) is 12.6 Å². The first-order valence-corrected chi connectivity index (χ1v) is 36.8. The maximum Gasteiger partial charge on any atom is 0.220 e. The van der Waals surface area contributed by atoms with Crippen LogP contribution >= 0.6 is 0 Å². The Bertz CT molecular complexity index is 1830. The highest BCUT2D eigenvalue weighted by atomic mass is 16.7. The van der Waals surface area contributed by atoms with Crippen molar-refractivity contribution in [2.45, 2.75) is 370 Å². The van der Waals surface area contributed by atoms with Crippen LogP contribution in [0.2, 0.25) is 0 Å². The zero-order chi connectivity index (χ0) is 65.2. The van der Waals surface area contributed by atoms with Crippen LogP contribution < -0.4 is 5.32 Å². The molecule has 9 N–H and O–H groups in total. The Labute approximate surface area is 548 Å². The van der Waals surface area contributed by atoms with E-state index in [-0.39, 0.29) is 18.9 Å². The van der Waals surface area contributed by atoms with E-state index in [1.54, 1.807) is 6.08 Å². The zero-order valence-corrected chi connectivity index (χ0v) is 56.9. The second-order valence-corrected chi connectivity index (χ2v) is 25.7. The molecule has 0 aromatic carbocycles. The van der Waals surface area contributed by atoms with Crippen LogP contribution in [0.3, 0.4) is 0 Å². The van der Waals surface area contributed by atoms with E-state index in [2.05, 4.69) is 92.1 Å². The number of nitrogens with one attached hydrogen (secondary N) is 1. The molecule has 0 saturated carbocycles. The van der Waals surface area contributed by atoms with Gasteiger partial charge in [-0.25, -0.2) is 0 Å². The molecule has 0 spiro atoms. The number of aliphatic hydroxyl groups is 8. The van der Waals surface area contributed by atoms with Crippen LogP contribution in [-0.2, 0) is 23.7 Å². The van der Waals surface area contributed by atoms with E-state index in [1.165, 1.54) is 186 Å². The van der Waals surface area contributed by atoms with Gasteiger partial charge in [0.1, 0.15) is 48.8 Å². The molecular formula is C76H135NO13. The van der Waals surface area contributed by atoms with Crippen LogP contribution in [-0.4, -0.2) is 140 Å². The Balaban J connectivity index is 1.67. The lowest BCUT2D eigenvalue weighted by molar-refractivity contribution is -0.359. The fraction of sp³-hybridized carbons (Fsp3) is 0.803. The van der Waals surface area contributed by atoms with Gasteiger partial charge in [0.25, 0.3) is 0 Å². The summed E-state index contributed by atoms with van der Waals surface area (Å²) < 4.78 is 22.9. The molecule has 2 fully saturated rings. The second-order valence-electron chi connectivity index (χ2n) is 25.7. The first-order valence-electron chi connectivity index (χ1n) is 36.8. The van der Waals surface area contributed by atoms with Crippen LogP contribution in [0.25, 0.3) is 0 Å². The number of unbranched alkanes of at least 4 members (excludes halogenated alkanes) is 35. The number of carbonyl (C=O) groups excluding carboxylic acids is 1. The van der Waals surface area contributed by atoms with E-state index >= 15 is 0 Å². The van der Waals surface area contributed by atoms with Crippen molar-refractivity contribution in [2.75, 3.05) is 19.8 Å². The molecule has 12 unspecified atom stereocenters. The second kappa shape index (κ2) is 59.9. The van der Waals surface area contributed by atoms with Crippen molar-refractivity contribution in [3.8, 4) is 0 Å². The molecule has 1 amide bonds. The molecule has 14 heteroatoms. The minimum atomic E-state index is -1.79. The van der Waals surface area contributed by atoms with Crippen LogP contribution in [0.4, 0.5) is 0 Å². The molecular weight excluding hydrogens is 1130 g/mol. The highest BCUT2D eigenvalue weighted by molar-refractivity contribution is 5.76. The number of carbonyl (C=O) groups is 1. The van der Waals surface area contributed by atoms with Gasteiger partial charge in [-0.15, -0.1) is 0 Å². The summed E-state index contributed by atoms with van der Waals surface area (Å²) in [7, 11) is 0. The lowest BCUT2D eigenvalue weighted by atomic mass is 9.97. The van der Waals surface area contributed by atoms with Gasteiger partial charge in [-0.1, -0.05) is 304 Å². The van der Waals surface area contributed by atoms with Crippen molar-refractivity contribution in [3.05, 3.63) is 85.1 Å². The van der Waals surface area contributed by atoms with Gasteiger partial charge >= 0.3 is 0 Å². The van der Waals surface area contributed by atoms with E-state index in [4.69, 9.17) is 18.9 Å². The first kappa shape index (κ1) is 83.3. The fourth-order valence-electron chi connectivity index (χ4n) is 11.8. The lowest BCUT2D eigenvalue weighted by Crippen LogP contribution is -2.65. The van der Waals surface area contributed by atoms with Crippen molar-refractivity contribution >= 4 is 5.91 Å². The van der Waals surface area contributed by atoms with Gasteiger partial charge in [0.05, 0.1) is 32.0 Å². The molecule has 12 atom stereocenters. The number of allylic oxidation sites excluding steroid dienone is 13. The Hall–Kier alpha value is -2.83. The Morgan fingerprint density at radius 3 is 1.18 bits per heavy atom. The molecule has 0 aromatic rings. The summed E-state index contributed by atoms with van der Waals surface area (Å²) in [5, 5.41) is 87.6. The third-order valence-corrected chi connectivity index (χ3v) is 17.6. The van der Waals surface area contributed by atoms with Crippen LogP contribution in [0, 0.1) is 0 Å². The van der Waals surface area contributed by atoms with E-state index in [9.17, 15) is 45.6 Å². The number of aliphatic hydroxyl groups excluding tert-OH is 8. The van der Waals surface area contributed by atoms with Gasteiger partial charge in [0, 0.05) is 6.42 Å². The number of ether oxygens (including phenoxy) is 4. The van der Waals surface area contributed by atoms with Crippen LogP contribution in [0.15, 0.2) is 85.1 Å². The molecule has 2 rings (SSSR count). The van der Waals surface area contributed by atoms with E-state index in [0.29, 0.717) is 6.42 Å². The van der Waals surface area contributed by atoms with Crippen molar-refractivity contribution in [1.82, 2.24) is 5.32 Å². The molecule has 2 aliphatic heterocycles. The summed E-state index contributed by atoms with van der Waals surface area (Å²) >= 11 is 0. The number of hydrogen-bond donors (Lipinski definition) is 9. The summed E-state index contributed by atoms with van der Waals surface area (Å²) in [6.45, 7) is 2.72. The smallest absolute Gasteiger partial charge is 0.220 e. The topological polar surface area (TPSA) is 228 Å². The molecule has 2 saturated heterocycles. The minimum Gasteiger partial charge on any atom is -0.394 e. The number of hydrogen-bond acceptors (Lipinski definition) is 13. The molecule has 2 aliphatic rings. The zero-order valence-electron chi connectivity index (χ0n) is 56.9. The summed E-state index contributed by atoms with van der Waals surface area (Å²) in [5.74, 6) is -0.241. The average molecular weight is 1270 g/mol. The molecule has 2 heterocycles. The summed E-state index contributed by atoms with van der Waals surface area (Å²) in [4.78, 5) is 13.4. The molecule has 522 valence electrons.